The van der Waals surface area contributed by atoms with Crippen molar-refractivity contribution in [3.63, 3.8) is 0 Å². The topological polar surface area (TPSA) is 87.0 Å². The third-order valence-electron chi connectivity index (χ3n) is 1.84. The van der Waals surface area contributed by atoms with Crippen LogP contribution >= 0.6 is 0 Å². The molecule has 0 aromatic rings. The first-order chi connectivity index (χ1) is 6.03. The fraction of sp³-hybridized carbons (Fsp3) is 0.714. The largest absolute Gasteiger partial charge is 0.351 e. The number of nitrogens with zero attached hydrogens (tertiary/aromatic N) is 1. The van der Waals surface area contributed by atoms with Crippen LogP contribution in [-0.4, -0.2) is 31.9 Å². The average molecular weight is 202 g/mol. The Morgan fingerprint density at radius 2 is 2.31 bits per heavy atom. The number of rotatable bonds is 2. The van der Waals surface area contributed by atoms with Crippen LogP contribution in [0.4, 0.5) is 0 Å². The van der Waals surface area contributed by atoms with Gasteiger partial charge in [0.1, 0.15) is 6.42 Å². The zero-order chi connectivity index (χ0) is 9.90. The standard InChI is InChI=1S/C7H10N2O3S/c8-3-1-7(10)9-6-2-4-13(11,12)5-6/h6H,1-2,4-5H2,(H,9,10). The molecule has 1 rings (SSSR count). The Balaban J connectivity index is 2.42. The Labute approximate surface area is 76.7 Å². The molecule has 1 unspecified atom stereocenters. The summed E-state index contributed by atoms with van der Waals surface area (Å²) in [7, 11) is -2.95. The van der Waals surface area contributed by atoms with Crippen molar-refractivity contribution >= 4 is 15.7 Å². The number of amides is 1. The smallest absolute Gasteiger partial charge is 0.234 e. The van der Waals surface area contributed by atoms with Crippen LogP contribution in [-0.2, 0) is 14.6 Å². The van der Waals surface area contributed by atoms with E-state index >= 15 is 0 Å². The van der Waals surface area contributed by atoms with Crippen molar-refractivity contribution in [1.82, 2.24) is 5.32 Å². The normalized spacial score (nSPS) is 25.0. The molecule has 1 heterocycles. The van der Waals surface area contributed by atoms with E-state index in [1.807, 2.05) is 0 Å². The molecular formula is C7H10N2O3S. The van der Waals surface area contributed by atoms with Crippen molar-refractivity contribution in [3.8, 4) is 6.07 Å². The molecule has 1 aliphatic rings. The lowest BCUT2D eigenvalue weighted by atomic mass is 10.2. The zero-order valence-corrected chi connectivity index (χ0v) is 7.80. The molecule has 0 radical (unpaired) electrons. The second-order valence-electron chi connectivity index (χ2n) is 3.00. The van der Waals surface area contributed by atoms with Crippen molar-refractivity contribution in [2.45, 2.75) is 18.9 Å². The van der Waals surface area contributed by atoms with Crippen molar-refractivity contribution in [1.29, 1.82) is 5.26 Å². The predicted octanol–water partition coefficient (Wildman–Crippen LogP) is -0.797. The Hall–Kier alpha value is -1.09. The molecule has 1 fully saturated rings. The van der Waals surface area contributed by atoms with Gasteiger partial charge >= 0.3 is 0 Å². The van der Waals surface area contributed by atoms with Crippen LogP contribution in [0.1, 0.15) is 12.8 Å². The van der Waals surface area contributed by atoms with Gasteiger partial charge in [0, 0.05) is 6.04 Å². The summed E-state index contributed by atoms with van der Waals surface area (Å²) in [5, 5.41) is 10.7. The van der Waals surface area contributed by atoms with Crippen LogP contribution in [0.2, 0.25) is 0 Å². The van der Waals surface area contributed by atoms with E-state index in [-0.39, 0.29) is 24.0 Å². The Morgan fingerprint density at radius 1 is 1.62 bits per heavy atom. The molecule has 0 aromatic heterocycles. The van der Waals surface area contributed by atoms with Gasteiger partial charge in [-0.2, -0.15) is 5.26 Å². The monoisotopic (exact) mass is 202 g/mol. The molecule has 5 nitrogen and oxygen atoms in total. The summed E-state index contributed by atoms with van der Waals surface area (Å²) < 4.78 is 21.9. The van der Waals surface area contributed by atoms with Gasteiger partial charge in [0.25, 0.3) is 0 Å². The number of nitrogens with one attached hydrogen (secondary N) is 1. The number of sulfone groups is 1. The summed E-state index contributed by atoms with van der Waals surface area (Å²) in [5.41, 5.74) is 0. The van der Waals surface area contributed by atoms with Crippen LogP contribution in [0.25, 0.3) is 0 Å². The first-order valence-electron chi connectivity index (χ1n) is 3.90. The van der Waals surface area contributed by atoms with E-state index in [2.05, 4.69) is 5.32 Å². The molecule has 0 aromatic carbocycles. The van der Waals surface area contributed by atoms with E-state index in [0.717, 1.165) is 0 Å². The summed E-state index contributed by atoms with van der Waals surface area (Å²) in [6.07, 6.45) is 0.246. The van der Waals surface area contributed by atoms with Crippen LogP contribution in [0.15, 0.2) is 0 Å². The van der Waals surface area contributed by atoms with Crippen LogP contribution < -0.4 is 5.32 Å². The molecule has 1 atom stereocenters. The number of hydrogen-bond acceptors (Lipinski definition) is 4. The summed E-state index contributed by atoms with van der Waals surface area (Å²) in [6.45, 7) is 0. The second kappa shape index (κ2) is 3.75. The molecule has 1 aliphatic heterocycles. The predicted molar refractivity (Wildman–Crippen MR) is 45.4 cm³/mol. The summed E-state index contributed by atoms with van der Waals surface area (Å²) in [4.78, 5) is 10.9. The Morgan fingerprint density at radius 3 is 2.77 bits per heavy atom. The fourth-order valence-electron chi connectivity index (χ4n) is 1.26. The number of hydrogen-bond donors (Lipinski definition) is 1. The Kier molecular flexibility index (Phi) is 2.88. The van der Waals surface area contributed by atoms with E-state index in [0.29, 0.717) is 6.42 Å². The highest BCUT2D eigenvalue weighted by atomic mass is 32.2. The van der Waals surface area contributed by atoms with E-state index in [9.17, 15) is 13.2 Å². The molecular weight excluding hydrogens is 192 g/mol. The van der Waals surface area contributed by atoms with Gasteiger partial charge in [-0.3, -0.25) is 4.79 Å². The van der Waals surface area contributed by atoms with Gasteiger partial charge in [-0.1, -0.05) is 0 Å². The molecule has 1 saturated heterocycles. The fourth-order valence-corrected chi connectivity index (χ4v) is 2.93. The van der Waals surface area contributed by atoms with Gasteiger partial charge in [0.05, 0.1) is 17.6 Å². The van der Waals surface area contributed by atoms with Crippen molar-refractivity contribution in [2.75, 3.05) is 11.5 Å². The van der Waals surface area contributed by atoms with Gasteiger partial charge in [-0.25, -0.2) is 8.42 Å². The SMILES string of the molecule is N#CCC(=O)NC1CCS(=O)(=O)C1. The van der Waals surface area contributed by atoms with E-state index in [1.165, 1.54) is 0 Å². The maximum atomic E-state index is 11.0. The van der Waals surface area contributed by atoms with Gasteiger partial charge in [-0.15, -0.1) is 0 Å². The van der Waals surface area contributed by atoms with Gasteiger partial charge < -0.3 is 5.32 Å². The number of carbonyl (C=O) groups is 1. The summed E-state index contributed by atoms with van der Waals surface area (Å²) >= 11 is 0. The minimum Gasteiger partial charge on any atom is -0.351 e. The third kappa shape index (κ3) is 3.03. The highest BCUT2D eigenvalue weighted by molar-refractivity contribution is 7.91. The average Bonchev–Trinajstić information content (AvgIpc) is 2.30. The number of nitriles is 1. The molecule has 1 amide bonds. The van der Waals surface area contributed by atoms with Crippen molar-refractivity contribution < 1.29 is 13.2 Å². The molecule has 72 valence electrons. The Bertz CT molecular complexity index is 341. The van der Waals surface area contributed by atoms with Gasteiger partial charge in [-0.05, 0) is 6.42 Å². The van der Waals surface area contributed by atoms with E-state index < -0.39 is 15.7 Å². The van der Waals surface area contributed by atoms with E-state index in [4.69, 9.17) is 5.26 Å². The second-order valence-corrected chi connectivity index (χ2v) is 5.23. The third-order valence-corrected chi connectivity index (χ3v) is 3.61. The molecule has 0 saturated carbocycles. The highest BCUT2D eigenvalue weighted by Crippen LogP contribution is 2.10. The minimum atomic E-state index is -2.95. The van der Waals surface area contributed by atoms with Gasteiger partial charge in [0.15, 0.2) is 9.84 Å². The molecule has 0 bridgehead atoms. The lowest BCUT2D eigenvalue weighted by Gasteiger charge is -2.07. The summed E-state index contributed by atoms with van der Waals surface area (Å²) in [5.74, 6) is -0.265. The van der Waals surface area contributed by atoms with E-state index in [1.54, 1.807) is 6.07 Å². The van der Waals surface area contributed by atoms with Crippen LogP contribution in [0.5, 0.6) is 0 Å². The van der Waals surface area contributed by atoms with Crippen molar-refractivity contribution in [3.05, 3.63) is 0 Å². The minimum absolute atomic E-state index is 0.00414. The summed E-state index contributed by atoms with van der Waals surface area (Å²) in [6, 6.07) is 1.40. The van der Waals surface area contributed by atoms with Crippen LogP contribution in [0, 0.1) is 11.3 Å². The quantitative estimate of drug-likeness (QED) is 0.635. The van der Waals surface area contributed by atoms with Crippen molar-refractivity contribution in [2.24, 2.45) is 0 Å². The zero-order valence-electron chi connectivity index (χ0n) is 6.99. The van der Waals surface area contributed by atoms with Crippen LogP contribution in [0.3, 0.4) is 0 Å². The lowest BCUT2D eigenvalue weighted by Crippen LogP contribution is -2.35. The highest BCUT2D eigenvalue weighted by Gasteiger charge is 2.28. The lowest BCUT2D eigenvalue weighted by molar-refractivity contribution is -0.120. The maximum absolute atomic E-state index is 11.0. The molecule has 0 aliphatic carbocycles. The first-order valence-corrected chi connectivity index (χ1v) is 5.72. The maximum Gasteiger partial charge on any atom is 0.234 e. The number of carbonyl (C=O) groups excluding carboxylic acids is 1. The first kappa shape index (κ1) is 9.99. The van der Waals surface area contributed by atoms with Gasteiger partial charge in [0.2, 0.25) is 5.91 Å². The molecule has 6 heteroatoms. The molecule has 1 N–H and O–H groups in total. The molecule has 13 heavy (non-hydrogen) atoms. The molecule has 0 spiro atoms.